The van der Waals surface area contributed by atoms with Gasteiger partial charge in [-0.05, 0) is 43.5 Å². The first-order valence-corrected chi connectivity index (χ1v) is 8.86. The third-order valence-electron chi connectivity index (χ3n) is 4.82. The van der Waals surface area contributed by atoms with E-state index in [1.807, 2.05) is 17.0 Å². The summed E-state index contributed by atoms with van der Waals surface area (Å²) in [6.07, 6.45) is 5.43. The number of carbonyl (C=O) groups is 1. The highest BCUT2D eigenvalue weighted by molar-refractivity contribution is 6.35. The lowest BCUT2D eigenvalue weighted by molar-refractivity contribution is -0.138. The van der Waals surface area contributed by atoms with Crippen LogP contribution in [0.1, 0.15) is 37.7 Å². The lowest BCUT2D eigenvalue weighted by Crippen LogP contribution is -2.43. The fraction of sp³-hybridized carbons (Fsp3) is 0.588. The van der Waals surface area contributed by atoms with Gasteiger partial charge in [0.15, 0.2) is 0 Å². The van der Waals surface area contributed by atoms with Crippen molar-refractivity contribution in [3.63, 3.8) is 0 Å². The third-order valence-corrected chi connectivity index (χ3v) is 5.41. The molecule has 2 fully saturated rings. The van der Waals surface area contributed by atoms with Crippen LogP contribution in [0.2, 0.25) is 10.0 Å². The van der Waals surface area contributed by atoms with Gasteiger partial charge in [0.05, 0.1) is 0 Å². The van der Waals surface area contributed by atoms with Crippen molar-refractivity contribution in [2.45, 2.75) is 44.7 Å². The molecule has 1 amide bonds. The van der Waals surface area contributed by atoms with E-state index in [2.05, 4.69) is 5.32 Å². The second-order valence-electron chi connectivity index (χ2n) is 6.33. The van der Waals surface area contributed by atoms with Gasteiger partial charge in [0, 0.05) is 35.1 Å². The maximum absolute atomic E-state index is 12.9. The molecule has 1 aromatic rings. The predicted molar refractivity (Wildman–Crippen MR) is 90.2 cm³/mol. The summed E-state index contributed by atoms with van der Waals surface area (Å²) in [4.78, 5) is 15.0. The predicted octanol–water partition coefficient (Wildman–Crippen LogP) is 3.87. The van der Waals surface area contributed by atoms with Crippen LogP contribution in [0.15, 0.2) is 18.2 Å². The molecule has 2 aliphatic rings. The second kappa shape index (κ2) is 7.20. The van der Waals surface area contributed by atoms with Crippen LogP contribution in [0, 0.1) is 5.92 Å². The van der Waals surface area contributed by atoms with E-state index in [9.17, 15) is 4.79 Å². The summed E-state index contributed by atoms with van der Waals surface area (Å²) in [7, 11) is 0. The van der Waals surface area contributed by atoms with E-state index in [-0.39, 0.29) is 12.0 Å². The van der Waals surface area contributed by atoms with Gasteiger partial charge in [0.25, 0.3) is 0 Å². The van der Waals surface area contributed by atoms with Gasteiger partial charge in [-0.3, -0.25) is 4.79 Å². The minimum absolute atomic E-state index is 0.201. The van der Waals surface area contributed by atoms with Crippen molar-refractivity contribution in [2.24, 2.45) is 5.92 Å². The molecule has 0 aromatic heterocycles. The number of halogens is 2. The monoisotopic (exact) mass is 340 g/mol. The lowest BCUT2D eigenvalue weighted by Gasteiger charge is -2.31. The Labute approximate surface area is 142 Å². The Morgan fingerprint density at radius 1 is 1.23 bits per heavy atom. The van der Waals surface area contributed by atoms with Crippen molar-refractivity contribution in [3.05, 3.63) is 33.8 Å². The van der Waals surface area contributed by atoms with Crippen molar-refractivity contribution < 1.29 is 4.79 Å². The standard InChI is InChI=1S/C17H22Cl2N2O/c18-14-6-5-13(16(19)9-14)11-21(15-7-8-20-10-15)17(22)12-3-1-2-4-12/h5-6,9,12,15,20H,1-4,7-8,10-11H2/t15-/m0/s1. The number of nitrogens with one attached hydrogen (secondary N) is 1. The molecule has 1 heterocycles. The summed E-state index contributed by atoms with van der Waals surface area (Å²) >= 11 is 12.3. The first kappa shape index (κ1) is 16.1. The topological polar surface area (TPSA) is 32.3 Å². The van der Waals surface area contributed by atoms with Crippen LogP contribution in [0.5, 0.6) is 0 Å². The molecular formula is C17H22Cl2N2O. The van der Waals surface area contributed by atoms with Gasteiger partial charge in [-0.1, -0.05) is 42.1 Å². The number of nitrogens with zero attached hydrogens (tertiary/aromatic N) is 1. The van der Waals surface area contributed by atoms with E-state index in [0.29, 0.717) is 22.5 Å². The zero-order valence-corrected chi connectivity index (χ0v) is 14.2. The van der Waals surface area contributed by atoms with E-state index in [0.717, 1.165) is 37.9 Å². The fourth-order valence-electron chi connectivity index (χ4n) is 3.53. The number of rotatable bonds is 4. The van der Waals surface area contributed by atoms with Crippen LogP contribution in [0.3, 0.4) is 0 Å². The van der Waals surface area contributed by atoms with Gasteiger partial charge in [0.2, 0.25) is 5.91 Å². The molecule has 5 heteroatoms. The normalized spacial score (nSPS) is 22.2. The highest BCUT2D eigenvalue weighted by Crippen LogP contribution is 2.30. The fourth-order valence-corrected chi connectivity index (χ4v) is 4.00. The van der Waals surface area contributed by atoms with Crippen LogP contribution in [0.25, 0.3) is 0 Å². The molecule has 1 N–H and O–H groups in total. The zero-order chi connectivity index (χ0) is 15.5. The van der Waals surface area contributed by atoms with E-state index < -0.39 is 0 Å². The third kappa shape index (κ3) is 3.58. The maximum atomic E-state index is 12.9. The minimum atomic E-state index is 0.201. The Morgan fingerprint density at radius 3 is 2.64 bits per heavy atom. The Balaban J connectivity index is 1.79. The summed E-state index contributed by atoms with van der Waals surface area (Å²) < 4.78 is 0. The van der Waals surface area contributed by atoms with E-state index in [1.54, 1.807) is 6.07 Å². The quantitative estimate of drug-likeness (QED) is 0.902. The molecule has 0 spiro atoms. The second-order valence-corrected chi connectivity index (χ2v) is 7.17. The average Bonchev–Trinajstić information content (AvgIpc) is 3.19. The van der Waals surface area contributed by atoms with Crippen LogP contribution in [-0.4, -0.2) is 29.9 Å². The summed E-state index contributed by atoms with van der Waals surface area (Å²) in [6, 6.07) is 5.80. The smallest absolute Gasteiger partial charge is 0.226 e. The van der Waals surface area contributed by atoms with Gasteiger partial charge < -0.3 is 10.2 Å². The van der Waals surface area contributed by atoms with Gasteiger partial charge in [0.1, 0.15) is 0 Å². The summed E-state index contributed by atoms with van der Waals surface area (Å²) in [5.74, 6) is 0.504. The number of benzene rings is 1. The van der Waals surface area contributed by atoms with Crippen LogP contribution < -0.4 is 5.32 Å². The molecule has 1 saturated heterocycles. The highest BCUT2D eigenvalue weighted by Gasteiger charge is 2.33. The average molecular weight is 341 g/mol. The van der Waals surface area contributed by atoms with E-state index in [4.69, 9.17) is 23.2 Å². The van der Waals surface area contributed by atoms with Crippen molar-refractivity contribution in [1.29, 1.82) is 0 Å². The lowest BCUT2D eigenvalue weighted by atomic mass is 10.0. The summed E-state index contributed by atoms with van der Waals surface area (Å²) in [5.41, 5.74) is 0.976. The van der Waals surface area contributed by atoms with Gasteiger partial charge in [-0.15, -0.1) is 0 Å². The molecule has 3 nitrogen and oxygen atoms in total. The molecule has 120 valence electrons. The number of amides is 1. The number of carbonyl (C=O) groups excluding carboxylic acids is 1. The van der Waals surface area contributed by atoms with Crippen molar-refractivity contribution in [1.82, 2.24) is 10.2 Å². The van der Waals surface area contributed by atoms with Crippen molar-refractivity contribution in [3.8, 4) is 0 Å². The minimum Gasteiger partial charge on any atom is -0.334 e. The molecule has 22 heavy (non-hydrogen) atoms. The number of hydrogen-bond donors (Lipinski definition) is 1. The molecular weight excluding hydrogens is 319 g/mol. The van der Waals surface area contributed by atoms with Crippen LogP contribution >= 0.6 is 23.2 Å². The maximum Gasteiger partial charge on any atom is 0.226 e. The molecule has 1 aliphatic heterocycles. The Kier molecular flexibility index (Phi) is 5.27. The van der Waals surface area contributed by atoms with Gasteiger partial charge >= 0.3 is 0 Å². The SMILES string of the molecule is O=C(C1CCCC1)N(Cc1ccc(Cl)cc1Cl)[C@H]1CCNC1. The summed E-state index contributed by atoms with van der Waals surface area (Å²) in [6.45, 7) is 2.44. The molecule has 1 aliphatic carbocycles. The van der Waals surface area contributed by atoms with E-state index >= 15 is 0 Å². The molecule has 1 saturated carbocycles. The largest absolute Gasteiger partial charge is 0.334 e. The first-order valence-electron chi connectivity index (χ1n) is 8.10. The molecule has 3 rings (SSSR count). The van der Waals surface area contributed by atoms with Gasteiger partial charge in [-0.25, -0.2) is 0 Å². The Hall–Kier alpha value is -0.770. The van der Waals surface area contributed by atoms with Crippen molar-refractivity contribution in [2.75, 3.05) is 13.1 Å². The molecule has 0 bridgehead atoms. The molecule has 0 radical (unpaired) electrons. The summed E-state index contributed by atoms with van der Waals surface area (Å²) in [5, 5.41) is 4.63. The number of hydrogen-bond acceptors (Lipinski definition) is 2. The molecule has 1 aromatic carbocycles. The first-order chi connectivity index (χ1) is 10.6. The van der Waals surface area contributed by atoms with Gasteiger partial charge in [-0.2, -0.15) is 0 Å². The zero-order valence-electron chi connectivity index (χ0n) is 12.7. The Morgan fingerprint density at radius 2 is 2.00 bits per heavy atom. The van der Waals surface area contributed by atoms with Crippen LogP contribution in [0.4, 0.5) is 0 Å². The van der Waals surface area contributed by atoms with E-state index in [1.165, 1.54) is 12.8 Å². The molecule has 1 atom stereocenters. The highest BCUT2D eigenvalue weighted by atomic mass is 35.5. The van der Waals surface area contributed by atoms with Crippen LogP contribution in [-0.2, 0) is 11.3 Å². The Bertz CT molecular complexity index is 537. The van der Waals surface area contributed by atoms with Crippen molar-refractivity contribution >= 4 is 29.1 Å². The molecule has 0 unspecified atom stereocenters.